The van der Waals surface area contributed by atoms with E-state index >= 15 is 0 Å². The Hall–Kier alpha value is -3.08. The maximum Gasteiger partial charge on any atom is 0.329 e. The molecule has 1 aromatic heterocycles. The average molecular weight is 349 g/mol. The van der Waals surface area contributed by atoms with E-state index in [1.165, 1.54) is 17.2 Å². The van der Waals surface area contributed by atoms with Crippen LogP contribution in [0.5, 0.6) is 0 Å². The molecule has 0 atom stereocenters. The highest BCUT2D eigenvalue weighted by Gasteiger charge is 2.32. The van der Waals surface area contributed by atoms with Gasteiger partial charge in [0.1, 0.15) is 5.70 Å². The second-order valence-corrected chi connectivity index (χ2v) is 6.59. The van der Waals surface area contributed by atoms with E-state index in [2.05, 4.69) is 42.4 Å². The molecular formula is C21H23N3O2. The maximum atomic E-state index is 12.4. The van der Waals surface area contributed by atoms with Crippen molar-refractivity contribution < 1.29 is 9.59 Å². The summed E-state index contributed by atoms with van der Waals surface area (Å²) in [7, 11) is 0. The fourth-order valence-corrected chi connectivity index (χ4v) is 3.46. The van der Waals surface area contributed by atoms with Gasteiger partial charge in [-0.3, -0.25) is 9.69 Å². The lowest BCUT2D eigenvalue weighted by molar-refractivity contribution is -0.122. The number of hydrogen-bond acceptors (Lipinski definition) is 2. The monoisotopic (exact) mass is 349 g/mol. The number of carbonyl (C=O) groups is 2. The Balaban J connectivity index is 2.06. The van der Waals surface area contributed by atoms with Crippen LogP contribution in [-0.4, -0.2) is 28.0 Å². The predicted molar refractivity (Wildman–Crippen MR) is 103 cm³/mol. The highest BCUT2D eigenvalue weighted by atomic mass is 16.2. The van der Waals surface area contributed by atoms with Crippen LogP contribution in [0.2, 0.25) is 0 Å². The summed E-state index contributed by atoms with van der Waals surface area (Å²) in [5.74, 6) is -0.327. The molecule has 0 spiro atoms. The molecule has 3 amide bonds. The van der Waals surface area contributed by atoms with E-state index in [-0.39, 0.29) is 12.5 Å². The van der Waals surface area contributed by atoms with Crippen molar-refractivity contribution in [2.24, 2.45) is 0 Å². The molecule has 0 unspecified atom stereocenters. The van der Waals surface area contributed by atoms with Crippen LogP contribution in [0.3, 0.4) is 0 Å². The number of nitrogens with zero attached hydrogens (tertiary/aromatic N) is 2. The number of urea groups is 1. The first-order chi connectivity index (χ1) is 12.3. The van der Waals surface area contributed by atoms with E-state index in [9.17, 15) is 9.59 Å². The summed E-state index contributed by atoms with van der Waals surface area (Å²) in [6.07, 6.45) is 3.28. The average Bonchev–Trinajstić information content (AvgIpc) is 3.00. The third-order valence-electron chi connectivity index (χ3n) is 4.71. The maximum absolute atomic E-state index is 12.4. The van der Waals surface area contributed by atoms with Crippen molar-refractivity contribution >= 4 is 18.0 Å². The number of hydrogen-bond donors (Lipinski definition) is 1. The lowest BCUT2D eigenvalue weighted by Crippen LogP contribution is -2.30. The van der Waals surface area contributed by atoms with Gasteiger partial charge >= 0.3 is 6.03 Å². The molecule has 1 aliphatic heterocycles. The molecule has 0 aliphatic carbocycles. The molecule has 26 heavy (non-hydrogen) atoms. The van der Waals surface area contributed by atoms with E-state index < -0.39 is 6.03 Å². The minimum Gasteiger partial charge on any atom is -0.317 e. The highest BCUT2D eigenvalue weighted by Crippen LogP contribution is 2.27. The summed E-state index contributed by atoms with van der Waals surface area (Å²) < 4.78 is 2.19. The molecule has 2 heterocycles. The molecule has 134 valence electrons. The van der Waals surface area contributed by atoms with Gasteiger partial charge in [0.2, 0.25) is 0 Å². The van der Waals surface area contributed by atoms with E-state index in [4.69, 9.17) is 0 Å². The number of amides is 3. The molecule has 0 saturated carbocycles. The first-order valence-corrected chi connectivity index (χ1v) is 8.56. The zero-order valence-electron chi connectivity index (χ0n) is 15.6. The Labute approximate surface area is 153 Å². The van der Waals surface area contributed by atoms with Gasteiger partial charge in [0, 0.05) is 17.9 Å². The lowest BCUT2D eigenvalue weighted by Gasteiger charge is -2.15. The topological polar surface area (TPSA) is 54.3 Å². The number of benzene rings is 1. The van der Waals surface area contributed by atoms with Gasteiger partial charge in [0.25, 0.3) is 5.91 Å². The second kappa shape index (κ2) is 6.67. The van der Waals surface area contributed by atoms with E-state index in [0.29, 0.717) is 5.70 Å². The van der Waals surface area contributed by atoms with Crippen LogP contribution in [0.4, 0.5) is 4.79 Å². The van der Waals surface area contributed by atoms with Gasteiger partial charge in [-0.2, -0.15) is 0 Å². The summed E-state index contributed by atoms with van der Waals surface area (Å²) in [4.78, 5) is 25.5. The van der Waals surface area contributed by atoms with Crippen molar-refractivity contribution in [3.63, 3.8) is 0 Å². The number of nitrogens with one attached hydrogen (secondary N) is 1. The first kappa shape index (κ1) is 17.7. The summed E-state index contributed by atoms with van der Waals surface area (Å²) >= 11 is 0. The minimum atomic E-state index is -0.412. The number of aromatic nitrogens is 1. The summed E-state index contributed by atoms with van der Waals surface area (Å²) in [6, 6.07) is 7.85. The normalized spacial score (nSPS) is 15.7. The van der Waals surface area contributed by atoms with Crippen molar-refractivity contribution in [3.8, 4) is 5.69 Å². The lowest BCUT2D eigenvalue weighted by atomic mass is 10.1. The Bertz CT molecular complexity index is 930. The van der Waals surface area contributed by atoms with Gasteiger partial charge < -0.3 is 9.88 Å². The van der Waals surface area contributed by atoms with Gasteiger partial charge in [0.05, 0.1) is 5.69 Å². The third-order valence-corrected chi connectivity index (χ3v) is 4.71. The Morgan fingerprint density at radius 3 is 2.38 bits per heavy atom. The molecule has 2 aromatic rings. The largest absolute Gasteiger partial charge is 0.329 e. The molecule has 1 saturated heterocycles. The summed E-state index contributed by atoms with van der Waals surface area (Å²) in [5.41, 5.74) is 6.83. The van der Waals surface area contributed by atoms with Gasteiger partial charge in [-0.25, -0.2) is 4.79 Å². The third kappa shape index (κ3) is 2.86. The Morgan fingerprint density at radius 2 is 1.77 bits per heavy atom. The van der Waals surface area contributed by atoms with Crippen molar-refractivity contribution in [2.75, 3.05) is 6.54 Å². The molecule has 1 aliphatic rings. The first-order valence-electron chi connectivity index (χ1n) is 8.56. The standard InChI is InChI=1S/C21H23N3O2/c1-6-10-23-20(25)18(22-21(23)26)12-17-11-15(4)24(16(17)5)19-13(2)8-7-9-14(19)3/h6-9,11-12H,1,10H2,2-5H3,(H,22,26)/b18-12+. The number of para-hydroxylation sites is 1. The van der Waals surface area contributed by atoms with Crippen LogP contribution in [0.15, 0.2) is 42.6 Å². The van der Waals surface area contributed by atoms with Gasteiger partial charge in [0.15, 0.2) is 0 Å². The van der Waals surface area contributed by atoms with Crippen molar-refractivity contribution in [1.29, 1.82) is 0 Å². The van der Waals surface area contributed by atoms with Crippen molar-refractivity contribution in [3.05, 3.63) is 70.7 Å². The Morgan fingerprint density at radius 1 is 1.12 bits per heavy atom. The molecule has 3 rings (SSSR count). The molecule has 1 fully saturated rings. The van der Waals surface area contributed by atoms with Gasteiger partial charge in [-0.15, -0.1) is 6.58 Å². The van der Waals surface area contributed by atoms with Crippen molar-refractivity contribution in [1.82, 2.24) is 14.8 Å². The quantitative estimate of drug-likeness (QED) is 0.519. The van der Waals surface area contributed by atoms with Crippen LogP contribution < -0.4 is 5.32 Å². The van der Waals surface area contributed by atoms with E-state index in [1.54, 1.807) is 6.08 Å². The van der Waals surface area contributed by atoms with E-state index in [1.807, 2.05) is 26.0 Å². The van der Waals surface area contributed by atoms with Crippen LogP contribution in [0.1, 0.15) is 28.1 Å². The molecule has 0 bridgehead atoms. The number of rotatable bonds is 4. The fourth-order valence-electron chi connectivity index (χ4n) is 3.46. The molecule has 5 heteroatoms. The minimum absolute atomic E-state index is 0.198. The molecule has 1 N–H and O–H groups in total. The van der Waals surface area contributed by atoms with Gasteiger partial charge in [-0.1, -0.05) is 24.3 Å². The molecule has 5 nitrogen and oxygen atoms in total. The zero-order chi connectivity index (χ0) is 19.0. The fraction of sp³-hybridized carbons (Fsp3) is 0.238. The van der Waals surface area contributed by atoms with Gasteiger partial charge in [-0.05, 0) is 56.5 Å². The summed E-state index contributed by atoms with van der Waals surface area (Å²) in [5, 5.41) is 2.65. The van der Waals surface area contributed by atoms with Crippen LogP contribution in [0.25, 0.3) is 11.8 Å². The zero-order valence-corrected chi connectivity index (χ0v) is 15.6. The number of carbonyl (C=O) groups excluding carboxylic acids is 2. The van der Waals surface area contributed by atoms with Crippen LogP contribution in [-0.2, 0) is 4.79 Å². The number of aryl methyl sites for hydroxylation is 3. The smallest absolute Gasteiger partial charge is 0.317 e. The SMILES string of the molecule is C=CCN1C(=O)N/C(=C/c2cc(C)n(-c3c(C)cccc3C)c2C)C1=O. The molecular weight excluding hydrogens is 326 g/mol. The molecule has 1 aromatic carbocycles. The second-order valence-electron chi connectivity index (χ2n) is 6.59. The predicted octanol–water partition coefficient (Wildman–Crippen LogP) is 3.79. The molecule has 0 radical (unpaired) electrons. The Kier molecular flexibility index (Phi) is 4.55. The highest BCUT2D eigenvalue weighted by molar-refractivity contribution is 6.14. The summed E-state index contributed by atoms with van der Waals surface area (Å²) in [6.45, 7) is 12.0. The van der Waals surface area contributed by atoms with Crippen LogP contribution >= 0.6 is 0 Å². The van der Waals surface area contributed by atoms with Crippen LogP contribution in [0, 0.1) is 27.7 Å². The van der Waals surface area contributed by atoms with Crippen molar-refractivity contribution in [2.45, 2.75) is 27.7 Å². The number of imide groups is 1. The van der Waals surface area contributed by atoms with E-state index in [0.717, 1.165) is 27.5 Å².